The van der Waals surface area contributed by atoms with E-state index in [0.717, 1.165) is 11.6 Å². The number of alkyl halides is 2. The van der Waals surface area contributed by atoms with Crippen LogP contribution in [0.25, 0.3) is 0 Å². The van der Waals surface area contributed by atoms with E-state index in [-0.39, 0.29) is 6.04 Å². The molecular formula is C17H15F3N2O. The van der Waals surface area contributed by atoms with Crippen LogP contribution < -0.4 is 10.1 Å². The topological polar surface area (TPSA) is 45.0 Å². The van der Waals surface area contributed by atoms with Crippen molar-refractivity contribution in [3.8, 4) is 11.8 Å². The fraction of sp³-hybridized carbons (Fsp3) is 0.235. The van der Waals surface area contributed by atoms with E-state index < -0.39 is 18.2 Å². The van der Waals surface area contributed by atoms with Crippen LogP contribution in [0.3, 0.4) is 0 Å². The largest absolute Gasteiger partial charge is 0.432 e. The zero-order chi connectivity index (χ0) is 16.8. The van der Waals surface area contributed by atoms with E-state index in [1.807, 2.05) is 13.0 Å². The summed E-state index contributed by atoms with van der Waals surface area (Å²) in [5.41, 5.74) is 2.10. The van der Waals surface area contributed by atoms with Gasteiger partial charge < -0.3 is 10.1 Å². The van der Waals surface area contributed by atoms with Crippen molar-refractivity contribution in [2.75, 3.05) is 0 Å². The van der Waals surface area contributed by atoms with E-state index in [9.17, 15) is 13.2 Å². The summed E-state index contributed by atoms with van der Waals surface area (Å²) in [5, 5.41) is 12.1. The molecule has 2 rings (SSSR count). The maximum Gasteiger partial charge on any atom is 0.387 e. The van der Waals surface area contributed by atoms with Crippen LogP contribution in [-0.4, -0.2) is 6.61 Å². The number of hydrogen-bond acceptors (Lipinski definition) is 3. The first-order valence-electron chi connectivity index (χ1n) is 6.96. The van der Waals surface area contributed by atoms with E-state index in [1.165, 1.54) is 12.1 Å². The van der Waals surface area contributed by atoms with Gasteiger partial charge in [-0.25, -0.2) is 4.39 Å². The Morgan fingerprint density at radius 1 is 1.22 bits per heavy atom. The predicted octanol–water partition coefficient (Wildman–Crippen LogP) is 4.15. The lowest BCUT2D eigenvalue weighted by Gasteiger charge is -2.15. The van der Waals surface area contributed by atoms with Gasteiger partial charge in [0.25, 0.3) is 0 Å². The predicted molar refractivity (Wildman–Crippen MR) is 79.4 cm³/mol. The number of nitrogens with one attached hydrogen (secondary N) is 1. The fourth-order valence-electron chi connectivity index (χ4n) is 2.11. The highest BCUT2D eigenvalue weighted by Gasteiger charge is 2.11. The number of benzene rings is 2. The molecule has 2 aromatic carbocycles. The molecule has 0 spiro atoms. The third-order valence-corrected chi connectivity index (χ3v) is 3.34. The van der Waals surface area contributed by atoms with Crippen LogP contribution in [0.5, 0.6) is 5.75 Å². The summed E-state index contributed by atoms with van der Waals surface area (Å²) in [6, 6.07) is 13.0. The van der Waals surface area contributed by atoms with Crippen molar-refractivity contribution in [3.63, 3.8) is 0 Å². The Morgan fingerprint density at radius 2 is 2.00 bits per heavy atom. The Morgan fingerprint density at radius 3 is 2.65 bits per heavy atom. The second kappa shape index (κ2) is 7.65. The van der Waals surface area contributed by atoms with Gasteiger partial charge in [0.2, 0.25) is 0 Å². The van der Waals surface area contributed by atoms with Crippen LogP contribution in [0, 0.1) is 17.1 Å². The lowest BCUT2D eigenvalue weighted by atomic mass is 10.1. The first kappa shape index (κ1) is 16.8. The SMILES string of the molecule is CC(NCc1ccc(OC(F)F)c(F)c1)c1cccc(C#N)c1. The Labute approximate surface area is 132 Å². The lowest BCUT2D eigenvalue weighted by molar-refractivity contribution is -0.0522. The summed E-state index contributed by atoms with van der Waals surface area (Å²) in [4.78, 5) is 0. The van der Waals surface area contributed by atoms with Crippen LogP contribution in [0.1, 0.15) is 29.7 Å². The minimum Gasteiger partial charge on any atom is -0.432 e. The average molecular weight is 320 g/mol. The van der Waals surface area contributed by atoms with Crippen LogP contribution >= 0.6 is 0 Å². The summed E-state index contributed by atoms with van der Waals surface area (Å²) in [6.45, 7) is -0.786. The van der Waals surface area contributed by atoms with E-state index in [1.54, 1.807) is 18.2 Å². The lowest BCUT2D eigenvalue weighted by Crippen LogP contribution is -2.18. The minimum absolute atomic E-state index is 0.0525. The molecule has 0 aliphatic heterocycles. The smallest absolute Gasteiger partial charge is 0.387 e. The molecule has 0 amide bonds. The zero-order valence-electron chi connectivity index (χ0n) is 12.4. The summed E-state index contributed by atoms with van der Waals surface area (Å²) < 4.78 is 41.9. The Kier molecular flexibility index (Phi) is 5.61. The maximum atomic E-state index is 13.6. The number of nitriles is 1. The second-order valence-electron chi connectivity index (χ2n) is 4.98. The quantitative estimate of drug-likeness (QED) is 0.869. The number of hydrogen-bond donors (Lipinski definition) is 1. The molecule has 0 heterocycles. The van der Waals surface area contributed by atoms with Gasteiger partial charge in [-0.3, -0.25) is 0 Å². The third-order valence-electron chi connectivity index (χ3n) is 3.34. The van der Waals surface area contributed by atoms with Crippen molar-refractivity contribution in [1.29, 1.82) is 5.26 Å². The van der Waals surface area contributed by atoms with Gasteiger partial charge in [0.15, 0.2) is 11.6 Å². The van der Waals surface area contributed by atoms with Crippen molar-refractivity contribution >= 4 is 0 Å². The Bertz CT molecular complexity index is 713. The van der Waals surface area contributed by atoms with Crippen molar-refractivity contribution in [1.82, 2.24) is 5.32 Å². The number of rotatable bonds is 6. The highest BCUT2D eigenvalue weighted by molar-refractivity contribution is 5.34. The molecule has 0 aromatic heterocycles. The van der Waals surface area contributed by atoms with Gasteiger partial charge >= 0.3 is 6.61 Å². The maximum absolute atomic E-state index is 13.6. The summed E-state index contributed by atoms with van der Waals surface area (Å²) in [5.74, 6) is -1.30. The zero-order valence-corrected chi connectivity index (χ0v) is 12.4. The highest BCUT2D eigenvalue weighted by atomic mass is 19.3. The van der Waals surface area contributed by atoms with E-state index >= 15 is 0 Å². The molecule has 2 aromatic rings. The van der Waals surface area contributed by atoms with Gasteiger partial charge in [0, 0.05) is 12.6 Å². The molecule has 0 aliphatic carbocycles. The van der Waals surface area contributed by atoms with Crippen molar-refractivity contribution < 1.29 is 17.9 Å². The normalized spacial score (nSPS) is 12.0. The van der Waals surface area contributed by atoms with Crippen LogP contribution in [0.15, 0.2) is 42.5 Å². The molecule has 23 heavy (non-hydrogen) atoms. The molecule has 6 heteroatoms. The molecule has 0 saturated carbocycles. The molecule has 120 valence electrons. The molecule has 0 fully saturated rings. The van der Waals surface area contributed by atoms with E-state index in [4.69, 9.17) is 5.26 Å². The molecule has 3 nitrogen and oxygen atoms in total. The Hall–Kier alpha value is -2.52. The first-order chi connectivity index (χ1) is 11.0. The van der Waals surface area contributed by atoms with Gasteiger partial charge in [-0.1, -0.05) is 18.2 Å². The molecule has 0 saturated heterocycles. The Balaban J connectivity index is 2.00. The molecule has 0 radical (unpaired) electrons. The van der Waals surface area contributed by atoms with Gasteiger partial charge in [0.1, 0.15) is 0 Å². The third kappa shape index (κ3) is 4.73. The summed E-state index contributed by atoms with van der Waals surface area (Å²) in [7, 11) is 0. The molecule has 0 aliphatic rings. The summed E-state index contributed by atoms with van der Waals surface area (Å²) in [6.07, 6.45) is 0. The average Bonchev–Trinajstić information content (AvgIpc) is 2.54. The standard InChI is InChI=1S/C17H15F3N2O/c1-11(14-4-2-3-12(7-14)9-21)22-10-13-5-6-16(15(18)8-13)23-17(19)20/h2-8,11,17,22H,10H2,1H3. The van der Waals surface area contributed by atoms with E-state index in [2.05, 4.69) is 16.1 Å². The van der Waals surface area contributed by atoms with Gasteiger partial charge in [-0.2, -0.15) is 14.0 Å². The van der Waals surface area contributed by atoms with Gasteiger partial charge in [0.05, 0.1) is 11.6 Å². The van der Waals surface area contributed by atoms with Crippen molar-refractivity contribution in [3.05, 3.63) is 65.0 Å². The fourth-order valence-corrected chi connectivity index (χ4v) is 2.11. The number of ether oxygens (including phenoxy) is 1. The van der Waals surface area contributed by atoms with Crippen LogP contribution in [0.2, 0.25) is 0 Å². The number of nitrogens with zero attached hydrogens (tertiary/aromatic N) is 1. The van der Waals surface area contributed by atoms with Crippen LogP contribution in [-0.2, 0) is 6.54 Å². The van der Waals surface area contributed by atoms with Gasteiger partial charge in [-0.15, -0.1) is 0 Å². The van der Waals surface area contributed by atoms with Crippen molar-refractivity contribution in [2.24, 2.45) is 0 Å². The molecule has 1 unspecified atom stereocenters. The molecule has 1 atom stereocenters. The van der Waals surface area contributed by atoms with Gasteiger partial charge in [-0.05, 0) is 42.3 Å². The molecule has 1 N–H and O–H groups in total. The number of halogens is 3. The summed E-state index contributed by atoms with van der Waals surface area (Å²) >= 11 is 0. The van der Waals surface area contributed by atoms with Crippen molar-refractivity contribution in [2.45, 2.75) is 26.1 Å². The van der Waals surface area contributed by atoms with E-state index in [0.29, 0.717) is 17.7 Å². The monoisotopic (exact) mass is 320 g/mol. The highest BCUT2D eigenvalue weighted by Crippen LogP contribution is 2.21. The minimum atomic E-state index is -3.05. The second-order valence-corrected chi connectivity index (χ2v) is 4.98. The molecular weight excluding hydrogens is 305 g/mol. The molecule has 0 bridgehead atoms. The first-order valence-corrected chi connectivity index (χ1v) is 6.96. The van der Waals surface area contributed by atoms with Crippen LogP contribution in [0.4, 0.5) is 13.2 Å².